The van der Waals surface area contributed by atoms with Crippen LogP contribution in [0.2, 0.25) is 0 Å². The number of nitrogens with zero attached hydrogens (tertiary/aromatic N) is 2. The van der Waals surface area contributed by atoms with Gasteiger partial charge in [0.25, 0.3) is 0 Å². The zero-order valence-electron chi connectivity index (χ0n) is 14.9. The lowest BCUT2D eigenvalue weighted by molar-refractivity contribution is -0.137. The van der Waals surface area contributed by atoms with Gasteiger partial charge in [0.05, 0.1) is 17.5 Å². The Labute approximate surface area is 161 Å². The maximum atomic E-state index is 12.6. The molecule has 6 nitrogen and oxygen atoms in total. The van der Waals surface area contributed by atoms with Crippen molar-refractivity contribution in [1.29, 1.82) is 0 Å². The number of hydrogen-bond acceptors (Lipinski definition) is 5. The molecule has 0 unspecified atom stereocenters. The van der Waals surface area contributed by atoms with E-state index in [0.717, 1.165) is 12.1 Å². The molecule has 0 spiro atoms. The van der Waals surface area contributed by atoms with Crippen molar-refractivity contribution in [2.24, 2.45) is 0 Å². The molecule has 1 aliphatic carbocycles. The van der Waals surface area contributed by atoms with Crippen molar-refractivity contribution in [3.8, 4) is 5.88 Å². The van der Waals surface area contributed by atoms with E-state index in [4.69, 9.17) is 4.74 Å². The van der Waals surface area contributed by atoms with Crippen LogP contribution in [0.3, 0.4) is 0 Å². The first kappa shape index (κ1) is 20.5. The van der Waals surface area contributed by atoms with Crippen LogP contribution in [0.5, 0.6) is 5.88 Å². The molecule has 1 aromatic carbocycles. The lowest BCUT2D eigenvalue weighted by Gasteiger charge is -2.28. The number of benzene rings is 1. The number of hydrogen-bond donors (Lipinski definition) is 1. The van der Waals surface area contributed by atoms with Gasteiger partial charge in [-0.15, -0.1) is 0 Å². The first-order valence-electron chi connectivity index (χ1n) is 8.80. The van der Waals surface area contributed by atoms with Crippen molar-refractivity contribution in [3.05, 3.63) is 54.0 Å². The van der Waals surface area contributed by atoms with Crippen LogP contribution in [-0.4, -0.2) is 30.5 Å². The van der Waals surface area contributed by atoms with E-state index in [2.05, 4.69) is 14.7 Å². The topological polar surface area (TPSA) is 81.2 Å². The maximum Gasteiger partial charge on any atom is 0.416 e. The second-order valence-electron chi connectivity index (χ2n) is 6.71. The monoisotopic (exact) mass is 415 g/mol. The second-order valence-corrected chi connectivity index (χ2v) is 8.46. The third kappa shape index (κ3) is 5.90. The van der Waals surface area contributed by atoms with E-state index in [1.54, 1.807) is 6.20 Å². The molecule has 152 valence electrons. The average molecular weight is 415 g/mol. The molecule has 0 amide bonds. The molecular formula is C18H20F3N3O3S. The van der Waals surface area contributed by atoms with Crippen LogP contribution in [0.1, 0.15) is 36.8 Å². The fraction of sp³-hybridized carbons (Fsp3) is 0.444. The van der Waals surface area contributed by atoms with E-state index in [9.17, 15) is 21.6 Å². The SMILES string of the molecule is O=S(=O)(Cc1ccc(C(F)(F)F)cc1)NC1CCC(Oc2cnccn2)CC1. The third-order valence-corrected chi connectivity index (χ3v) is 5.89. The molecule has 0 saturated heterocycles. The van der Waals surface area contributed by atoms with E-state index in [1.165, 1.54) is 24.5 Å². The molecule has 10 heteroatoms. The summed E-state index contributed by atoms with van der Waals surface area (Å²) in [6.45, 7) is 0. The van der Waals surface area contributed by atoms with Gasteiger partial charge in [0.2, 0.25) is 15.9 Å². The van der Waals surface area contributed by atoms with Gasteiger partial charge in [-0.3, -0.25) is 4.98 Å². The van der Waals surface area contributed by atoms with Crippen molar-refractivity contribution in [2.45, 2.75) is 49.8 Å². The number of aromatic nitrogens is 2. The molecule has 0 radical (unpaired) electrons. The molecular weight excluding hydrogens is 395 g/mol. The zero-order chi connectivity index (χ0) is 20.2. The molecule has 0 atom stereocenters. The minimum atomic E-state index is -4.44. The van der Waals surface area contributed by atoms with E-state index >= 15 is 0 Å². The van der Waals surface area contributed by atoms with Gasteiger partial charge in [0, 0.05) is 18.4 Å². The summed E-state index contributed by atoms with van der Waals surface area (Å²) in [6.07, 6.45) is 2.68. The highest BCUT2D eigenvalue weighted by Gasteiger charge is 2.30. The van der Waals surface area contributed by atoms with Crippen LogP contribution < -0.4 is 9.46 Å². The van der Waals surface area contributed by atoms with Crippen molar-refractivity contribution in [1.82, 2.24) is 14.7 Å². The minimum Gasteiger partial charge on any atom is -0.473 e. The number of nitrogens with one attached hydrogen (secondary N) is 1. The third-order valence-electron chi connectivity index (χ3n) is 4.49. The largest absolute Gasteiger partial charge is 0.473 e. The summed E-state index contributed by atoms with van der Waals surface area (Å²) in [5.41, 5.74) is -0.497. The highest BCUT2D eigenvalue weighted by atomic mass is 32.2. The number of rotatable bonds is 6. The predicted octanol–water partition coefficient (Wildman–Crippen LogP) is 3.31. The van der Waals surface area contributed by atoms with E-state index < -0.39 is 21.8 Å². The first-order valence-corrected chi connectivity index (χ1v) is 10.5. The van der Waals surface area contributed by atoms with Crippen molar-refractivity contribution in [3.63, 3.8) is 0 Å². The number of sulfonamides is 1. The minimum absolute atomic E-state index is 0.0487. The lowest BCUT2D eigenvalue weighted by atomic mass is 9.94. The summed E-state index contributed by atoms with van der Waals surface area (Å²) < 4.78 is 70.8. The van der Waals surface area contributed by atoms with Crippen molar-refractivity contribution < 1.29 is 26.3 Å². The summed E-state index contributed by atoms with van der Waals surface area (Å²) in [7, 11) is -3.65. The second kappa shape index (κ2) is 8.44. The van der Waals surface area contributed by atoms with Gasteiger partial charge in [-0.2, -0.15) is 13.2 Å². The first-order chi connectivity index (χ1) is 13.2. The zero-order valence-corrected chi connectivity index (χ0v) is 15.7. The van der Waals surface area contributed by atoms with Crippen molar-refractivity contribution >= 4 is 10.0 Å². The van der Waals surface area contributed by atoms with E-state index in [-0.39, 0.29) is 17.9 Å². The number of alkyl halides is 3. The normalized spacial score (nSPS) is 20.7. The molecule has 1 heterocycles. The Morgan fingerprint density at radius 1 is 1.07 bits per heavy atom. The van der Waals surface area contributed by atoms with Crippen LogP contribution in [0.25, 0.3) is 0 Å². The lowest BCUT2D eigenvalue weighted by Crippen LogP contribution is -2.40. The summed E-state index contributed by atoms with van der Waals surface area (Å²) in [6, 6.07) is 3.93. The van der Waals surface area contributed by atoms with Crippen LogP contribution in [0.4, 0.5) is 13.2 Å². The predicted molar refractivity (Wildman–Crippen MR) is 95.9 cm³/mol. The summed E-state index contributed by atoms with van der Waals surface area (Å²) in [5, 5.41) is 0. The van der Waals surface area contributed by atoms with Crippen LogP contribution in [-0.2, 0) is 22.0 Å². The van der Waals surface area contributed by atoms with Gasteiger partial charge in [0.15, 0.2) is 0 Å². The number of ether oxygens (including phenoxy) is 1. The van der Waals surface area contributed by atoms with Gasteiger partial charge in [-0.25, -0.2) is 18.1 Å². The van der Waals surface area contributed by atoms with Gasteiger partial charge in [-0.05, 0) is 43.4 Å². The number of halogens is 3. The van der Waals surface area contributed by atoms with Crippen LogP contribution in [0.15, 0.2) is 42.9 Å². The molecule has 0 aliphatic heterocycles. The smallest absolute Gasteiger partial charge is 0.416 e. The Morgan fingerprint density at radius 3 is 2.32 bits per heavy atom. The van der Waals surface area contributed by atoms with Crippen LogP contribution >= 0.6 is 0 Å². The Kier molecular flexibility index (Phi) is 6.19. The summed E-state index contributed by atoms with van der Waals surface area (Å²) in [4.78, 5) is 7.98. The molecule has 1 aliphatic rings. The quantitative estimate of drug-likeness (QED) is 0.783. The van der Waals surface area contributed by atoms with Gasteiger partial charge in [0.1, 0.15) is 6.10 Å². The molecule has 1 saturated carbocycles. The molecule has 2 aromatic rings. The highest BCUT2D eigenvalue weighted by molar-refractivity contribution is 7.88. The average Bonchev–Trinajstić information content (AvgIpc) is 2.63. The fourth-order valence-electron chi connectivity index (χ4n) is 3.12. The Bertz CT molecular complexity index is 866. The molecule has 1 fully saturated rings. The van der Waals surface area contributed by atoms with Gasteiger partial charge in [-0.1, -0.05) is 12.1 Å². The molecule has 1 N–H and O–H groups in total. The maximum absolute atomic E-state index is 12.6. The van der Waals surface area contributed by atoms with E-state index in [0.29, 0.717) is 37.1 Å². The standard InChI is InChI=1S/C18H20F3N3O3S/c19-18(20,21)14-3-1-13(2-4-14)12-28(25,26)24-15-5-7-16(8-6-15)27-17-11-22-9-10-23-17/h1-4,9-11,15-16,24H,5-8,12H2. The van der Waals surface area contributed by atoms with Crippen LogP contribution in [0, 0.1) is 0 Å². The van der Waals surface area contributed by atoms with Crippen molar-refractivity contribution in [2.75, 3.05) is 0 Å². The fourth-order valence-corrected chi connectivity index (χ4v) is 4.58. The van der Waals surface area contributed by atoms with Gasteiger partial charge >= 0.3 is 6.18 Å². The van der Waals surface area contributed by atoms with Gasteiger partial charge < -0.3 is 4.74 Å². The molecule has 1 aromatic heterocycles. The Hall–Kier alpha value is -2.20. The highest BCUT2D eigenvalue weighted by Crippen LogP contribution is 2.29. The Balaban J connectivity index is 1.50. The summed E-state index contributed by atoms with van der Waals surface area (Å²) >= 11 is 0. The van der Waals surface area contributed by atoms with E-state index in [1.807, 2.05) is 0 Å². The molecule has 28 heavy (non-hydrogen) atoms. The summed E-state index contributed by atoms with van der Waals surface area (Å²) in [5.74, 6) is 0.0788. The molecule has 3 rings (SSSR count). The molecule has 0 bridgehead atoms. The Morgan fingerprint density at radius 2 is 1.75 bits per heavy atom.